The maximum absolute atomic E-state index is 10.7. The summed E-state index contributed by atoms with van der Waals surface area (Å²) in [6.45, 7) is 1.88. The fraction of sp³-hybridized carbons (Fsp3) is 0.167. The Morgan fingerprint density at radius 2 is 2.45 bits per heavy atom. The number of nitrogens with zero attached hydrogens (tertiary/aromatic N) is 3. The second kappa shape index (κ2) is 2.13. The lowest BCUT2D eigenvalue weighted by molar-refractivity contribution is 0.910. The van der Waals surface area contributed by atoms with Crippen molar-refractivity contribution in [2.45, 2.75) is 6.92 Å². The van der Waals surface area contributed by atoms with Crippen molar-refractivity contribution in [3.63, 3.8) is 0 Å². The maximum Gasteiger partial charge on any atom is 0.273 e. The highest BCUT2D eigenvalue weighted by Gasteiger charge is 1.98. The Balaban J connectivity index is 2.92. The fourth-order valence-electron chi connectivity index (χ4n) is 0.831. The van der Waals surface area contributed by atoms with Crippen LogP contribution in [0.25, 0.3) is 4.96 Å². The zero-order valence-corrected chi connectivity index (χ0v) is 6.63. The molecule has 0 aliphatic heterocycles. The van der Waals surface area contributed by atoms with Gasteiger partial charge in [-0.15, -0.1) is 0 Å². The molecule has 0 N–H and O–H groups in total. The number of fused-ring (bicyclic) bond motifs is 1. The summed E-state index contributed by atoms with van der Waals surface area (Å²) in [4.78, 5) is 15.2. The highest BCUT2D eigenvalue weighted by Crippen LogP contribution is 2.07. The number of aryl methyl sites for hydroxylation is 1. The van der Waals surface area contributed by atoms with Crippen LogP contribution in [0.4, 0.5) is 0 Å². The molecule has 0 amide bonds. The average molecular weight is 167 g/mol. The van der Waals surface area contributed by atoms with Gasteiger partial charge in [0.1, 0.15) is 5.01 Å². The predicted molar refractivity (Wildman–Crippen MR) is 41.9 cm³/mol. The van der Waals surface area contributed by atoms with Gasteiger partial charge in [-0.05, 0) is 6.92 Å². The molecule has 5 heteroatoms. The van der Waals surface area contributed by atoms with E-state index in [-0.39, 0.29) is 5.56 Å². The van der Waals surface area contributed by atoms with Crippen LogP contribution in [0.1, 0.15) is 5.01 Å². The Morgan fingerprint density at radius 3 is 3.27 bits per heavy atom. The first-order valence-electron chi connectivity index (χ1n) is 3.09. The molecule has 0 aromatic carbocycles. The number of rotatable bonds is 0. The molecule has 0 fully saturated rings. The molecule has 0 aliphatic rings. The minimum Gasteiger partial charge on any atom is -0.267 e. The van der Waals surface area contributed by atoms with Gasteiger partial charge in [-0.25, -0.2) is 4.52 Å². The Morgan fingerprint density at radius 1 is 1.64 bits per heavy atom. The van der Waals surface area contributed by atoms with Crippen molar-refractivity contribution in [3.8, 4) is 0 Å². The lowest BCUT2D eigenvalue weighted by Gasteiger charge is -1.84. The second-order valence-electron chi connectivity index (χ2n) is 2.11. The Hall–Kier alpha value is -1.23. The van der Waals surface area contributed by atoms with Crippen molar-refractivity contribution in [2.24, 2.45) is 0 Å². The van der Waals surface area contributed by atoms with Crippen molar-refractivity contribution >= 4 is 16.3 Å². The molecule has 56 valence electrons. The fourth-order valence-corrected chi connectivity index (χ4v) is 1.55. The van der Waals surface area contributed by atoms with Gasteiger partial charge in [-0.1, -0.05) is 11.3 Å². The average Bonchev–Trinajstić information content (AvgIpc) is 2.27. The van der Waals surface area contributed by atoms with Gasteiger partial charge in [0.2, 0.25) is 4.96 Å². The molecule has 0 saturated carbocycles. The van der Waals surface area contributed by atoms with Crippen LogP contribution in [0, 0.1) is 6.92 Å². The molecule has 2 aromatic rings. The Kier molecular flexibility index (Phi) is 1.25. The normalized spacial score (nSPS) is 10.6. The first-order valence-corrected chi connectivity index (χ1v) is 3.90. The highest BCUT2D eigenvalue weighted by atomic mass is 32.1. The third kappa shape index (κ3) is 1.03. The smallest absolute Gasteiger partial charge is 0.267 e. The van der Waals surface area contributed by atoms with Gasteiger partial charge in [0.05, 0.1) is 0 Å². The summed E-state index contributed by atoms with van der Waals surface area (Å²) in [6, 6.07) is 1.40. The largest absolute Gasteiger partial charge is 0.273 e. The minimum absolute atomic E-state index is 0.214. The van der Waals surface area contributed by atoms with Gasteiger partial charge in [-0.3, -0.25) is 4.79 Å². The first kappa shape index (κ1) is 6.48. The van der Waals surface area contributed by atoms with Gasteiger partial charge in [0, 0.05) is 12.3 Å². The van der Waals surface area contributed by atoms with E-state index in [1.54, 1.807) is 10.7 Å². The quantitative estimate of drug-likeness (QED) is 0.572. The summed E-state index contributed by atoms with van der Waals surface area (Å²) >= 11 is 1.41. The van der Waals surface area contributed by atoms with Crippen LogP contribution in [0.15, 0.2) is 17.1 Å². The Bertz CT molecular complexity index is 444. The van der Waals surface area contributed by atoms with Crippen LogP contribution >= 0.6 is 11.3 Å². The topological polar surface area (TPSA) is 47.3 Å². The SMILES string of the molecule is Cc1nn2ccc(=O)nc2s1. The van der Waals surface area contributed by atoms with Gasteiger partial charge in [-0.2, -0.15) is 10.1 Å². The summed E-state index contributed by atoms with van der Waals surface area (Å²) in [5, 5.41) is 4.99. The number of hydrogen-bond donors (Lipinski definition) is 0. The predicted octanol–water partition coefficient (Wildman–Crippen LogP) is 0.459. The van der Waals surface area contributed by atoms with E-state index in [9.17, 15) is 4.79 Å². The van der Waals surface area contributed by atoms with Gasteiger partial charge in [0.15, 0.2) is 0 Å². The molecule has 0 unspecified atom stereocenters. The summed E-state index contributed by atoms with van der Waals surface area (Å²) in [7, 11) is 0. The van der Waals surface area contributed by atoms with Crippen molar-refractivity contribution in [1.82, 2.24) is 14.6 Å². The zero-order valence-electron chi connectivity index (χ0n) is 5.81. The monoisotopic (exact) mass is 167 g/mol. The molecule has 4 nitrogen and oxygen atoms in total. The number of hydrogen-bond acceptors (Lipinski definition) is 4. The molecule has 2 aromatic heterocycles. The molecular weight excluding hydrogens is 162 g/mol. The zero-order chi connectivity index (χ0) is 7.84. The molecule has 2 heterocycles. The molecule has 0 radical (unpaired) electrons. The summed E-state index contributed by atoms with van der Waals surface area (Å²) < 4.78 is 1.60. The first-order chi connectivity index (χ1) is 5.25. The van der Waals surface area contributed by atoms with E-state index in [0.29, 0.717) is 4.96 Å². The molecule has 0 spiro atoms. The minimum atomic E-state index is -0.214. The van der Waals surface area contributed by atoms with Gasteiger partial charge < -0.3 is 0 Å². The summed E-state index contributed by atoms with van der Waals surface area (Å²) in [5.41, 5.74) is -0.214. The van der Waals surface area contributed by atoms with Crippen LogP contribution < -0.4 is 5.56 Å². The number of aromatic nitrogens is 3. The lowest BCUT2D eigenvalue weighted by atomic mass is 10.7. The lowest BCUT2D eigenvalue weighted by Crippen LogP contribution is -2.04. The van der Waals surface area contributed by atoms with Crippen LogP contribution in [-0.2, 0) is 0 Å². The third-order valence-corrected chi connectivity index (χ3v) is 2.09. The van der Waals surface area contributed by atoms with Crippen molar-refractivity contribution < 1.29 is 0 Å². The van der Waals surface area contributed by atoms with E-state index < -0.39 is 0 Å². The van der Waals surface area contributed by atoms with E-state index in [1.807, 2.05) is 6.92 Å². The molecule has 0 aliphatic carbocycles. The van der Waals surface area contributed by atoms with E-state index in [4.69, 9.17) is 0 Å². The summed E-state index contributed by atoms with van der Waals surface area (Å²) in [5.74, 6) is 0. The molecule has 0 atom stereocenters. The van der Waals surface area contributed by atoms with Crippen LogP contribution in [0.3, 0.4) is 0 Å². The molecule has 2 rings (SSSR count). The molecular formula is C6H5N3OS. The highest BCUT2D eigenvalue weighted by molar-refractivity contribution is 7.16. The van der Waals surface area contributed by atoms with E-state index in [0.717, 1.165) is 5.01 Å². The third-order valence-electron chi connectivity index (χ3n) is 1.25. The standard InChI is InChI=1S/C6H5N3OS/c1-4-8-9-3-2-5(10)7-6(9)11-4/h2-3H,1H3. The molecule has 11 heavy (non-hydrogen) atoms. The van der Waals surface area contributed by atoms with Crippen molar-refractivity contribution in [1.29, 1.82) is 0 Å². The second-order valence-corrected chi connectivity index (χ2v) is 3.27. The molecule has 0 bridgehead atoms. The van der Waals surface area contributed by atoms with E-state index in [2.05, 4.69) is 10.1 Å². The van der Waals surface area contributed by atoms with Crippen LogP contribution in [0.2, 0.25) is 0 Å². The summed E-state index contributed by atoms with van der Waals surface area (Å²) in [6.07, 6.45) is 1.62. The van der Waals surface area contributed by atoms with Gasteiger partial charge >= 0.3 is 0 Å². The van der Waals surface area contributed by atoms with E-state index in [1.165, 1.54) is 17.4 Å². The van der Waals surface area contributed by atoms with Crippen molar-refractivity contribution in [2.75, 3.05) is 0 Å². The van der Waals surface area contributed by atoms with Crippen molar-refractivity contribution in [3.05, 3.63) is 27.6 Å². The van der Waals surface area contributed by atoms with E-state index >= 15 is 0 Å². The van der Waals surface area contributed by atoms with Crippen LogP contribution in [-0.4, -0.2) is 14.6 Å². The van der Waals surface area contributed by atoms with Gasteiger partial charge in [0.25, 0.3) is 5.56 Å². The maximum atomic E-state index is 10.7. The van der Waals surface area contributed by atoms with Crippen LogP contribution in [0.5, 0.6) is 0 Å². The Labute approximate surface area is 66.1 Å². The molecule has 0 saturated heterocycles.